The summed E-state index contributed by atoms with van der Waals surface area (Å²) in [7, 11) is 0. The molecule has 1 aliphatic carbocycles. The van der Waals surface area contributed by atoms with Gasteiger partial charge in [-0.1, -0.05) is 12.8 Å². The number of aldehydes is 1. The standard InChI is InChI=1S/C12H19NO3/c14-7-3-6-13-10-5-2-1-4-9(10)8-11(13)12(15)16/h7,9-11H,1-6,8H2,(H,15,16). The molecule has 0 amide bonds. The van der Waals surface area contributed by atoms with Gasteiger partial charge >= 0.3 is 5.97 Å². The van der Waals surface area contributed by atoms with Crippen molar-refractivity contribution in [2.75, 3.05) is 6.54 Å². The van der Waals surface area contributed by atoms with E-state index in [1.54, 1.807) is 0 Å². The molecule has 0 radical (unpaired) electrons. The van der Waals surface area contributed by atoms with Gasteiger partial charge in [-0.3, -0.25) is 9.69 Å². The fourth-order valence-electron chi connectivity index (χ4n) is 3.32. The number of hydrogen-bond donors (Lipinski definition) is 1. The molecule has 1 saturated carbocycles. The maximum atomic E-state index is 11.2. The zero-order chi connectivity index (χ0) is 11.5. The number of fused-ring (bicyclic) bond motifs is 1. The first kappa shape index (κ1) is 11.6. The number of carboxylic acids is 1. The van der Waals surface area contributed by atoms with Crippen molar-refractivity contribution in [1.82, 2.24) is 4.90 Å². The first-order valence-electron chi connectivity index (χ1n) is 6.16. The van der Waals surface area contributed by atoms with Crippen molar-refractivity contribution in [2.45, 2.75) is 50.6 Å². The summed E-state index contributed by atoms with van der Waals surface area (Å²) >= 11 is 0. The van der Waals surface area contributed by atoms with Crippen LogP contribution in [-0.2, 0) is 9.59 Å². The molecule has 3 atom stereocenters. The zero-order valence-corrected chi connectivity index (χ0v) is 9.47. The summed E-state index contributed by atoms with van der Waals surface area (Å²) in [6.45, 7) is 0.613. The molecule has 2 rings (SSSR count). The molecule has 2 fully saturated rings. The zero-order valence-electron chi connectivity index (χ0n) is 9.47. The summed E-state index contributed by atoms with van der Waals surface area (Å²) in [6.07, 6.45) is 6.81. The van der Waals surface area contributed by atoms with Crippen LogP contribution in [0.15, 0.2) is 0 Å². The smallest absolute Gasteiger partial charge is 0.320 e. The average Bonchev–Trinajstić information content (AvgIpc) is 2.65. The number of aliphatic carboxylic acids is 1. The number of nitrogens with zero attached hydrogens (tertiary/aromatic N) is 1. The van der Waals surface area contributed by atoms with Gasteiger partial charge in [-0.05, 0) is 25.2 Å². The third-order valence-corrected chi connectivity index (χ3v) is 4.01. The third kappa shape index (κ3) is 2.12. The monoisotopic (exact) mass is 225 g/mol. The summed E-state index contributed by atoms with van der Waals surface area (Å²) < 4.78 is 0. The highest BCUT2D eigenvalue weighted by molar-refractivity contribution is 5.74. The Kier molecular flexibility index (Phi) is 3.59. The Morgan fingerprint density at radius 3 is 2.81 bits per heavy atom. The lowest BCUT2D eigenvalue weighted by Gasteiger charge is -2.32. The highest BCUT2D eigenvalue weighted by Crippen LogP contribution is 2.39. The molecule has 90 valence electrons. The van der Waals surface area contributed by atoms with Crippen molar-refractivity contribution in [3.8, 4) is 0 Å². The van der Waals surface area contributed by atoms with E-state index in [1.807, 2.05) is 0 Å². The largest absolute Gasteiger partial charge is 0.480 e. The van der Waals surface area contributed by atoms with Crippen LogP contribution in [0.3, 0.4) is 0 Å². The Morgan fingerprint density at radius 2 is 2.12 bits per heavy atom. The van der Waals surface area contributed by atoms with E-state index in [2.05, 4.69) is 4.90 Å². The molecule has 0 spiro atoms. The predicted octanol–water partition coefficient (Wildman–Crippen LogP) is 1.29. The van der Waals surface area contributed by atoms with Crippen LogP contribution < -0.4 is 0 Å². The van der Waals surface area contributed by atoms with E-state index in [0.717, 1.165) is 25.5 Å². The fourth-order valence-corrected chi connectivity index (χ4v) is 3.32. The van der Waals surface area contributed by atoms with Crippen LogP contribution in [-0.4, -0.2) is 40.9 Å². The molecule has 1 N–H and O–H groups in total. The number of rotatable bonds is 4. The lowest BCUT2D eigenvalue weighted by molar-refractivity contribution is -0.142. The van der Waals surface area contributed by atoms with Crippen molar-refractivity contribution in [2.24, 2.45) is 5.92 Å². The van der Waals surface area contributed by atoms with Crippen LogP contribution in [0, 0.1) is 5.92 Å². The third-order valence-electron chi connectivity index (χ3n) is 4.01. The Morgan fingerprint density at radius 1 is 1.38 bits per heavy atom. The van der Waals surface area contributed by atoms with Gasteiger partial charge in [0.1, 0.15) is 12.3 Å². The molecular formula is C12H19NO3. The molecular weight excluding hydrogens is 206 g/mol. The summed E-state index contributed by atoms with van der Waals surface area (Å²) in [5.74, 6) is -0.179. The van der Waals surface area contributed by atoms with Crippen LogP contribution in [0.4, 0.5) is 0 Å². The van der Waals surface area contributed by atoms with Crippen LogP contribution in [0.25, 0.3) is 0 Å². The topological polar surface area (TPSA) is 57.6 Å². The van der Waals surface area contributed by atoms with Crippen molar-refractivity contribution < 1.29 is 14.7 Å². The Hall–Kier alpha value is -0.900. The fraction of sp³-hybridized carbons (Fsp3) is 0.833. The SMILES string of the molecule is O=CCCN1C(C(=O)O)CC2CCCCC21. The highest BCUT2D eigenvalue weighted by Gasteiger charge is 2.44. The molecule has 1 aliphatic heterocycles. The van der Waals surface area contributed by atoms with Crippen LogP contribution >= 0.6 is 0 Å². The minimum absolute atomic E-state index is 0.354. The maximum Gasteiger partial charge on any atom is 0.320 e. The van der Waals surface area contributed by atoms with Gasteiger partial charge in [-0.2, -0.15) is 0 Å². The molecule has 0 aromatic rings. The summed E-state index contributed by atoms with van der Waals surface area (Å²) in [5, 5.41) is 9.20. The van der Waals surface area contributed by atoms with Crippen molar-refractivity contribution >= 4 is 12.3 Å². The van der Waals surface area contributed by atoms with Gasteiger partial charge in [-0.25, -0.2) is 0 Å². The van der Waals surface area contributed by atoms with E-state index in [1.165, 1.54) is 12.8 Å². The molecule has 1 saturated heterocycles. The highest BCUT2D eigenvalue weighted by atomic mass is 16.4. The van der Waals surface area contributed by atoms with Crippen LogP contribution in [0.1, 0.15) is 38.5 Å². The van der Waals surface area contributed by atoms with Gasteiger partial charge < -0.3 is 9.90 Å². The normalized spacial score (nSPS) is 34.6. The second-order valence-corrected chi connectivity index (χ2v) is 4.89. The summed E-state index contributed by atoms with van der Waals surface area (Å²) in [4.78, 5) is 23.7. The Balaban J connectivity index is 2.07. The van der Waals surface area contributed by atoms with Gasteiger partial charge in [-0.15, -0.1) is 0 Å². The average molecular weight is 225 g/mol. The van der Waals surface area contributed by atoms with E-state index in [4.69, 9.17) is 0 Å². The molecule has 0 aromatic carbocycles. The lowest BCUT2D eigenvalue weighted by Crippen LogP contribution is -2.42. The maximum absolute atomic E-state index is 11.2. The molecule has 1 heterocycles. The second kappa shape index (κ2) is 4.95. The van der Waals surface area contributed by atoms with Crippen molar-refractivity contribution in [1.29, 1.82) is 0 Å². The van der Waals surface area contributed by atoms with Gasteiger partial charge in [0.25, 0.3) is 0 Å². The number of carbonyl (C=O) groups is 2. The molecule has 4 heteroatoms. The second-order valence-electron chi connectivity index (χ2n) is 4.89. The number of carboxylic acid groups (broad SMARTS) is 1. The first-order chi connectivity index (χ1) is 7.74. The first-order valence-corrected chi connectivity index (χ1v) is 6.16. The quantitative estimate of drug-likeness (QED) is 0.732. The van der Waals surface area contributed by atoms with Crippen LogP contribution in [0.2, 0.25) is 0 Å². The number of hydrogen-bond acceptors (Lipinski definition) is 3. The number of carbonyl (C=O) groups excluding carboxylic acids is 1. The van der Waals surface area contributed by atoms with E-state index in [-0.39, 0.29) is 6.04 Å². The molecule has 3 unspecified atom stereocenters. The molecule has 16 heavy (non-hydrogen) atoms. The van der Waals surface area contributed by atoms with E-state index in [0.29, 0.717) is 24.9 Å². The van der Waals surface area contributed by atoms with Gasteiger partial charge in [0.05, 0.1) is 0 Å². The van der Waals surface area contributed by atoms with Crippen molar-refractivity contribution in [3.05, 3.63) is 0 Å². The van der Waals surface area contributed by atoms with E-state index in [9.17, 15) is 14.7 Å². The lowest BCUT2D eigenvalue weighted by atomic mass is 9.85. The van der Waals surface area contributed by atoms with E-state index >= 15 is 0 Å². The van der Waals surface area contributed by atoms with Gasteiger partial charge in [0.2, 0.25) is 0 Å². The summed E-state index contributed by atoms with van der Waals surface area (Å²) in [6, 6.07) is 0.0582. The molecule has 2 aliphatic rings. The minimum atomic E-state index is -0.722. The summed E-state index contributed by atoms with van der Waals surface area (Å²) in [5.41, 5.74) is 0. The Labute approximate surface area is 95.6 Å². The number of likely N-dealkylation sites (tertiary alicyclic amines) is 1. The molecule has 0 aromatic heterocycles. The predicted molar refractivity (Wildman–Crippen MR) is 59.2 cm³/mol. The van der Waals surface area contributed by atoms with Crippen LogP contribution in [0.5, 0.6) is 0 Å². The Bertz CT molecular complexity index is 279. The van der Waals surface area contributed by atoms with Gasteiger partial charge in [0.15, 0.2) is 0 Å². The molecule has 0 bridgehead atoms. The van der Waals surface area contributed by atoms with Gasteiger partial charge in [0, 0.05) is 19.0 Å². The minimum Gasteiger partial charge on any atom is -0.480 e. The van der Waals surface area contributed by atoms with Crippen molar-refractivity contribution in [3.63, 3.8) is 0 Å². The van der Waals surface area contributed by atoms with E-state index < -0.39 is 5.97 Å². The molecule has 4 nitrogen and oxygen atoms in total.